The van der Waals surface area contributed by atoms with Crippen LogP contribution in [0.2, 0.25) is 0 Å². The Hall–Kier alpha value is -1.97. The van der Waals surface area contributed by atoms with Crippen molar-refractivity contribution in [1.82, 2.24) is 4.90 Å². The SMILES string of the molecule is CC(C)(Oc1ccc2c(c1)CCC2)[C@@H]1CN2CC=CN=C2O1. The molecule has 0 unspecified atom stereocenters. The Kier molecular flexibility index (Phi) is 3.13. The van der Waals surface area contributed by atoms with E-state index in [1.54, 1.807) is 0 Å². The number of ether oxygens (including phenoxy) is 2. The summed E-state index contributed by atoms with van der Waals surface area (Å²) in [6.45, 7) is 5.88. The number of aliphatic imine (C=N–C) groups is 1. The van der Waals surface area contributed by atoms with Crippen LogP contribution in [0.5, 0.6) is 5.75 Å². The Balaban J connectivity index is 1.50. The molecule has 0 N–H and O–H groups in total. The number of fused-ring (bicyclic) bond motifs is 2. The molecule has 116 valence electrons. The third kappa shape index (κ3) is 2.36. The summed E-state index contributed by atoms with van der Waals surface area (Å²) in [5.41, 5.74) is 2.51. The normalized spacial score (nSPS) is 22.9. The molecule has 4 nitrogen and oxygen atoms in total. The lowest BCUT2D eigenvalue weighted by atomic mass is 10.0. The predicted octanol–water partition coefficient (Wildman–Crippen LogP) is 2.92. The van der Waals surface area contributed by atoms with Gasteiger partial charge in [0, 0.05) is 12.7 Å². The number of hydrogen-bond donors (Lipinski definition) is 0. The Labute approximate surface area is 131 Å². The van der Waals surface area contributed by atoms with Crippen LogP contribution >= 0.6 is 0 Å². The van der Waals surface area contributed by atoms with Crippen LogP contribution in [0.25, 0.3) is 0 Å². The van der Waals surface area contributed by atoms with Crippen LogP contribution in [0, 0.1) is 0 Å². The van der Waals surface area contributed by atoms with Crippen LogP contribution in [-0.4, -0.2) is 35.7 Å². The number of amidine groups is 1. The van der Waals surface area contributed by atoms with Crippen molar-refractivity contribution >= 4 is 6.02 Å². The van der Waals surface area contributed by atoms with Gasteiger partial charge in [-0.1, -0.05) is 6.07 Å². The van der Waals surface area contributed by atoms with Crippen LogP contribution in [0.4, 0.5) is 0 Å². The van der Waals surface area contributed by atoms with Crippen molar-refractivity contribution in [2.24, 2.45) is 4.99 Å². The fourth-order valence-electron chi connectivity index (χ4n) is 3.42. The third-order valence-corrected chi connectivity index (χ3v) is 4.75. The average Bonchev–Trinajstić information content (AvgIpc) is 3.12. The molecule has 1 aliphatic carbocycles. The fourth-order valence-corrected chi connectivity index (χ4v) is 3.42. The van der Waals surface area contributed by atoms with Gasteiger partial charge >= 0.3 is 0 Å². The highest BCUT2D eigenvalue weighted by Gasteiger charge is 2.42. The number of hydrogen-bond acceptors (Lipinski definition) is 4. The van der Waals surface area contributed by atoms with E-state index in [-0.39, 0.29) is 6.10 Å². The van der Waals surface area contributed by atoms with E-state index >= 15 is 0 Å². The Morgan fingerprint density at radius 3 is 3.00 bits per heavy atom. The molecule has 0 aromatic heterocycles. The van der Waals surface area contributed by atoms with Crippen molar-refractivity contribution in [3.63, 3.8) is 0 Å². The molecule has 0 bridgehead atoms. The maximum absolute atomic E-state index is 6.29. The first-order valence-electron chi connectivity index (χ1n) is 8.07. The zero-order valence-electron chi connectivity index (χ0n) is 13.2. The summed E-state index contributed by atoms with van der Waals surface area (Å²) in [5, 5.41) is 0. The summed E-state index contributed by atoms with van der Waals surface area (Å²) in [6.07, 6.45) is 7.47. The molecule has 3 aliphatic rings. The average molecular weight is 298 g/mol. The van der Waals surface area contributed by atoms with E-state index in [0.29, 0.717) is 0 Å². The Morgan fingerprint density at radius 1 is 1.27 bits per heavy atom. The molecule has 0 saturated carbocycles. The summed E-state index contributed by atoms with van der Waals surface area (Å²) in [6, 6.07) is 7.22. The summed E-state index contributed by atoms with van der Waals surface area (Å²) in [4.78, 5) is 6.44. The second-order valence-corrected chi connectivity index (χ2v) is 6.80. The molecule has 1 fully saturated rings. The highest BCUT2D eigenvalue weighted by molar-refractivity contribution is 5.77. The van der Waals surface area contributed by atoms with Gasteiger partial charge in [-0.2, -0.15) is 0 Å². The molecule has 1 atom stereocenters. The third-order valence-electron chi connectivity index (χ3n) is 4.75. The first-order valence-corrected chi connectivity index (χ1v) is 8.07. The molecular formula is C18H22N2O2. The Bertz CT molecular complexity index is 648. The van der Waals surface area contributed by atoms with Gasteiger partial charge < -0.3 is 14.4 Å². The van der Waals surface area contributed by atoms with Gasteiger partial charge in [0.1, 0.15) is 11.4 Å². The Morgan fingerprint density at radius 2 is 2.14 bits per heavy atom. The van der Waals surface area contributed by atoms with Crippen molar-refractivity contribution in [3.8, 4) is 5.75 Å². The fraction of sp³-hybridized carbons (Fsp3) is 0.500. The van der Waals surface area contributed by atoms with Crippen molar-refractivity contribution in [1.29, 1.82) is 0 Å². The number of aryl methyl sites for hydroxylation is 2. The van der Waals surface area contributed by atoms with Crippen LogP contribution in [0.15, 0.2) is 35.5 Å². The highest BCUT2D eigenvalue weighted by atomic mass is 16.6. The van der Waals surface area contributed by atoms with E-state index in [1.165, 1.54) is 30.4 Å². The zero-order chi connectivity index (χ0) is 15.2. The first-order chi connectivity index (χ1) is 10.6. The molecule has 2 heterocycles. The quantitative estimate of drug-likeness (QED) is 0.860. The standard InChI is InChI=1S/C18H22N2O2/c1-18(2,16-12-20-10-4-9-19-17(20)21-16)22-15-8-7-13-5-3-6-14(13)11-15/h4,7-9,11,16H,3,5-6,10,12H2,1-2H3/t16-/m0/s1. The molecular weight excluding hydrogens is 276 g/mol. The zero-order valence-corrected chi connectivity index (χ0v) is 13.2. The van der Waals surface area contributed by atoms with Crippen molar-refractivity contribution in [2.75, 3.05) is 13.1 Å². The maximum atomic E-state index is 6.29. The number of benzene rings is 1. The predicted molar refractivity (Wildman–Crippen MR) is 86.2 cm³/mol. The second-order valence-electron chi connectivity index (χ2n) is 6.80. The van der Waals surface area contributed by atoms with Crippen molar-refractivity contribution < 1.29 is 9.47 Å². The van der Waals surface area contributed by atoms with Gasteiger partial charge in [0.2, 0.25) is 0 Å². The van der Waals surface area contributed by atoms with Gasteiger partial charge in [-0.25, -0.2) is 4.99 Å². The van der Waals surface area contributed by atoms with Crippen LogP contribution < -0.4 is 4.74 Å². The monoisotopic (exact) mass is 298 g/mol. The summed E-state index contributed by atoms with van der Waals surface area (Å²) >= 11 is 0. The van der Waals surface area contributed by atoms with Crippen LogP contribution in [0.1, 0.15) is 31.4 Å². The van der Waals surface area contributed by atoms with Gasteiger partial charge in [0.25, 0.3) is 6.02 Å². The largest absolute Gasteiger partial charge is 0.484 e. The van der Waals surface area contributed by atoms with Gasteiger partial charge in [-0.05, 0) is 62.4 Å². The van der Waals surface area contributed by atoms with Gasteiger partial charge in [-0.3, -0.25) is 0 Å². The van der Waals surface area contributed by atoms with E-state index in [0.717, 1.165) is 24.9 Å². The lowest BCUT2D eigenvalue weighted by Crippen LogP contribution is -2.44. The minimum Gasteiger partial charge on any atom is -0.484 e. The molecule has 1 aromatic carbocycles. The van der Waals surface area contributed by atoms with E-state index in [4.69, 9.17) is 9.47 Å². The van der Waals surface area contributed by atoms with E-state index < -0.39 is 5.60 Å². The summed E-state index contributed by atoms with van der Waals surface area (Å²) < 4.78 is 12.3. The topological polar surface area (TPSA) is 34.1 Å². The minimum absolute atomic E-state index is 0.0144. The number of rotatable bonds is 3. The van der Waals surface area contributed by atoms with Gasteiger partial charge in [-0.15, -0.1) is 0 Å². The molecule has 0 amide bonds. The van der Waals surface area contributed by atoms with Gasteiger partial charge in [0.15, 0.2) is 6.10 Å². The van der Waals surface area contributed by atoms with E-state index in [9.17, 15) is 0 Å². The molecule has 4 heteroatoms. The molecule has 0 radical (unpaired) electrons. The lowest BCUT2D eigenvalue weighted by Gasteiger charge is -2.31. The van der Waals surface area contributed by atoms with E-state index in [1.807, 2.05) is 12.3 Å². The molecule has 4 rings (SSSR count). The molecule has 22 heavy (non-hydrogen) atoms. The number of nitrogens with zero attached hydrogens (tertiary/aromatic N) is 2. The molecule has 1 aromatic rings. The van der Waals surface area contributed by atoms with Crippen LogP contribution in [0.3, 0.4) is 0 Å². The second kappa shape index (κ2) is 5.04. The summed E-state index contributed by atoms with van der Waals surface area (Å²) in [7, 11) is 0. The van der Waals surface area contributed by atoms with Crippen molar-refractivity contribution in [2.45, 2.75) is 44.8 Å². The van der Waals surface area contributed by atoms with Crippen LogP contribution in [-0.2, 0) is 17.6 Å². The highest BCUT2D eigenvalue weighted by Crippen LogP contribution is 2.31. The molecule has 0 spiro atoms. The smallest absolute Gasteiger partial charge is 0.292 e. The van der Waals surface area contributed by atoms with E-state index in [2.05, 4.69) is 41.9 Å². The first kappa shape index (κ1) is 13.7. The maximum Gasteiger partial charge on any atom is 0.292 e. The lowest BCUT2D eigenvalue weighted by molar-refractivity contribution is -0.00354. The molecule has 1 saturated heterocycles. The minimum atomic E-state index is -0.396. The summed E-state index contributed by atoms with van der Waals surface area (Å²) in [5.74, 6) is 0.944. The van der Waals surface area contributed by atoms with Crippen molar-refractivity contribution in [3.05, 3.63) is 41.6 Å². The molecule has 2 aliphatic heterocycles. The van der Waals surface area contributed by atoms with Gasteiger partial charge in [0.05, 0.1) is 6.54 Å².